The lowest BCUT2D eigenvalue weighted by atomic mass is 10.3. The van der Waals surface area contributed by atoms with E-state index in [0.29, 0.717) is 12.8 Å². The number of esters is 1. The van der Waals surface area contributed by atoms with Crippen molar-refractivity contribution in [3.05, 3.63) is 0 Å². The maximum absolute atomic E-state index is 12.2. The number of urea groups is 1. The largest absolute Gasteiger partial charge is 0.465 e. The number of hydrogen-bond acceptors (Lipinski definition) is 6. The quantitative estimate of drug-likeness (QED) is 0.493. The summed E-state index contributed by atoms with van der Waals surface area (Å²) in [4.78, 5) is 22.8. The van der Waals surface area contributed by atoms with Crippen LogP contribution < -0.4 is 10.6 Å². The van der Waals surface area contributed by atoms with E-state index in [4.69, 9.17) is 9.05 Å². The first-order valence-corrected chi connectivity index (χ1v) is 7.95. The van der Waals surface area contributed by atoms with Crippen molar-refractivity contribution in [2.45, 2.75) is 32.5 Å². The normalized spacial score (nSPS) is 12.6. The molecule has 118 valence electrons. The van der Waals surface area contributed by atoms with Crippen LogP contribution >= 0.6 is 7.60 Å². The number of carbonyl (C=O) groups is 2. The van der Waals surface area contributed by atoms with Crippen LogP contribution in [-0.4, -0.2) is 45.2 Å². The van der Waals surface area contributed by atoms with Gasteiger partial charge in [0.1, 0.15) is 12.3 Å². The Morgan fingerprint density at radius 2 is 1.80 bits per heavy atom. The van der Waals surface area contributed by atoms with E-state index in [9.17, 15) is 14.2 Å². The van der Waals surface area contributed by atoms with Crippen LogP contribution in [0.2, 0.25) is 0 Å². The molecule has 1 atom stereocenters. The van der Waals surface area contributed by atoms with E-state index in [1.165, 1.54) is 14.2 Å². The molecule has 0 aliphatic heterocycles. The maximum atomic E-state index is 12.2. The highest BCUT2D eigenvalue weighted by molar-refractivity contribution is 7.54. The molecule has 0 aliphatic carbocycles. The summed E-state index contributed by atoms with van der Waals surface area (Å²) in [7, 11) is -0.900. The first-order valence-electron chi connectivity index (χ1n) is 6.34. The van der Waals surface area contributed by atoms with Crippen molar-refractivity contribution >= 4 is 19.6 Å². The van der Waals surface area contributed by atoms with Crippen LogP contribution in [0.3, 0.4) is 0 Å². The Morgan fingerprint density at radius 3 is 2.25 bits per heavy atom. The second-order valence-electron chi connectivity index (χ2n) is 3.84. The van der Waals surface area contributed by atoms with E-state index < -0.39 is 25.4 Å². The number of nitrogens with one attached hydrogen (secondary N) is 2. The first-order chi connectivity index (χ1) is 9.43. The van der Waals surface area contributed by atoms with E-state index in [-0.39, 0.29) is 13.2 Å². The van der Waals surface area contributed by atoms with Gasteiger partial charge >= 0.3 is 19.6 Å². The van der Waals surface area contributed by atoms with Crippen molar-refractivity contribution in [2.24, 2.45) is 0 Å². The van der Waals surface area contributed by atoms with Gasteiger partial charge in [-0.2, -0.15) is 0 Å². The van der Waals surface area contributed by atoms with Gasteiger partial charge in [0.15, 0.2) is 0 Å². The van der Waals surface area contributed by atoms with E-state index in [1.54, 1.807) is 6.92 Å². The van der Waals surface area contributed by atoms with Gasteiger partial charge in [-0.05, 0) is 13.3 Å². The minimum atomic E-state index is -3.41. The molecule has 2 amide bonds. The van der Waals surface area contributed by atoms with Crippen LogP contribution in [0.1, 0.15) is 26.7 Å². The molecule has 0 spiro atoms. The Labute approximate surface area is 119 Å². The van der Waals surface area contributed by atoms with Crippen LogP contribution in [0, 0.1) is 0 Å². The molecule has 0 saturated carbocycles. The summed E-state index contributed by atoms with van der Waals surface area (Å²) in [5.41, 5.74) is 0. The molecule has 8 nitrogen and oxygen atoms in total. The summed E-state index contributed by atoms with van der Waals surface area (Å²) >= 11 is 0. The molecular weight excluding hydrogens is 287 g/mol. The van der Waals surface area contributed by atoms with Gasteiger partial charge in [0, 0.05) is 14.2 Å². The molecule has 1 unspecified atom stereocenters. The van der Waals surface area contributed by atoms with Gasteiger partial charge in [0.05, 0.1) is 6.61 Å². The lowest BCUT2D eigenvalue weighted by Gasteiger charge is -2.24. The second kappa shape index (κ2) is 9.74. The van der Waals surface area contributed by atoms with Crippen molar-refractivity contribution in [2.75, 3.05) is 27.4 Å². The fourth-order valence-electron chi connectivity index (χ4n) is 1.48. The third kappa shape index (κ3) is 6.36. The molecule has 0 saturated heterocycles. The molecule has 0 fully saturated rings. The van der Waals surface area contributed by atoms with Gasteiger partial charge in [-0.15, -0.1) is 0 Å². The minimum Gasteiger partial charge on any atom is -0.465 e. The average Bonchev–Trinajstić information content (AvgIpc) is 2.44. The molecule has 0 aromatic rings. The van der Waals surface area contributed by atoms with E-state index in [1.807, 2.05) is 6.92 Å². The number of carbonyl (C=O) groups excluding carboxylic acids is 2. The summed E-state index contributed by atoms with van der Waals surface area (Å²) in [5.74, 6) is -1.32. The number of hydrogen-bond donors (Lipinski definition) is 2. The van der Waals surface area contributed by atoms with E-state index >= 15 is 0 Å². The number of ether oxygens (including phenoxy) is 1. The lowest BCUT2D eigenvalue weighted by molar-refractivity contribution is -0.141. The predicted molar refractivity (Wildman–Crippen MR) is 73.5 cm³/mol. The Balaban J connectivity index is 4.49. The Hall–Kier alpha value is -1.11. The van der Waals surface area contributed by atoms with Crippen molar-refractivity contribution in [3.63, 3.8) is 0 Å². The highest BCUT2D eigenvalue weighted by Crippen LogP contribution is 2.51. The van der Waals surface area contributed by atoms with Crippen LogP contribution in [0.5, 0.6) is 0 Å². The summed E-state index contributed by atoms with van der Waals surface area (Å²) < 4.78 is 26.6. The van der Waals surface area contributed by atoms with Crippen molar-refractivity contribution in [1.82, 2.24) is 10.6 Å². The molecule has 0 heterocycles. The van der Waals surface area contributed by atoms with Crippen LogP contribution in [0.4, 0.5) is 4.79 Å². The van der Waals surface area contributed by atoms with Crippen LogP contribution in [0.25, 0.3) is 0 Å². The Morgan fingerprint density at radius 1 is 1.20 bits per heavy atom. The summed E-state index contributed by atoms with van der Waals surface area (Å²) in [6, 6.07) is -0.633. The molecule has 0 aromatic carbocycles. The highest BCUT2D eigenvalue weighted by Gasteiger charge is 2.34. The van der Waals surface area contributed by atoms with Crippen molar-refractivity contribution < 1.29 is 27.9 Å². The van der Waals surface area contributed by atoms with E-state index in [0.717, 1.165) is 0 Å². The van der Waals surface area contributed by atoms with Gasteiger partial charge in [0.25, 0.3) is 0 Å². The fraction of sp³-hybridized carbons (Fsp3) is 0.818. The Kier molecular flexibility index (Phi) is 9.20. The summed E-state index contributed by atoms with van der Waals surface area (Å²) in [5, 5.41) is 4.81. The van der Waals surface area contributed by atoms with Gasteiger partial charge in [-0.25, -0.2) is 4.79 Å². The zero-order chi connectivity index (χ0) is 15.6. The monoisotopic (exact) mass is 310 g/mol. The lowest BCUT2D eigenvalue weighted by Crippen LogP contribution is -2.44. The first kappa shape index (κ1) is 18.9. The molecule has 0 rings (SSSR count). The predicted octanol–water partition coefficient (Wildman–Crippen LogP) is 1.46. The third-order valence-electron chi connectivity index (χ3n) is 2.45. The Bertz CT molecular complexity index is 355. The third-order valence-corrected chi connectivity index (χ3v) is 4.62. The second-order valence-corrected chi connectivity index (χ2v) is 6.27. The van der Waals surface area contributed by atoms with Crippen molar-refractivity contribution in [1.29, 1.82) is 0 Å². The topological polar surface area (TPSA) is 103 Å². The molecule has 0 bridgehead atoms. The maximum Gasteiger partial charge on any atom is 0.352 e. The highest BCUT2D eigenvalue weighted by atomic mass is 31.2. The molecule has 0 aliphatic rings. The minimum absolute atomic E-state index is 0.239. The molecule has 0 aromatic heterocycles. The van der Waals surface area contributed by atoms with Crippen LogP contribution in [0.15, 0.2) is 0 Å². The van der Waals surface area contributed by atoms with Gasteiger partial charge in [-0.3, -0.25) is 9.36 Å². The molecule has 9 heteroatoms. The standard InChI is InChI=1S/C11H23N2O6P/c1-5-7-9(20(16,17-3)18-4)13-11(15)12-8-10(14)19-6-2/h9H,5-8H2,1-4H3,(H2,12,13,15). The van der Waals surface area contributed by atoms with Gasteiger partial charge < -0.3 is 24.4 Å². The summed E-state index contributed by atoms with van der Waals surface area (Å²) in [6.07, 6.45) is 1.10. The van der Waals surface area contributed by atoms with Gasteiger partial charge in [-0.1, -0.05) is 13.3 Å². The average molecular weight is 310 g/mol. The number of amides is 2. The zero-order valence-electron chi connectivity index (χ0n) is 12.3. The zero-order valence-corrected chi connectivity index (χ0v) is 13.2. The molecule has 0 radical (unpaired) electrons. The van der Waals surface area contributed by atoms with Gasteiger partial charge in [0.2, 0.25) is 0 Å². The fourth-order valence-corrected chi connectivity index (χ4v) is 2.99. The van der Waals surface area contributed by atoms with Crippen LogP contribution in [-0.2, 0) is 23.1 Å². The van der Waals surface area contributed by atoms with Crippen molar-refractivity contribution in [3.8, 4) is 0 Å². The number of rotatable bonds is 9. The molecule has 20 heavy (non-hydrogen) atoms. The smallest absolute Gasteiger partial charge is 0.352 e. The molecule has 2 N–H and O–H groups in total. The van der Waals surface area contributed by atoms with E-state index in [2.05, 4.69) is 15.4 Å². The SMILES string of the molecule is CCCC(NC(=O)NCC(=O)OCC)P(=O)(OC)OC. The summed E-state index contributed by atoms with van der Waals surface area (Å²) in [6.45, 7) is 3.52. The molecular formula is C11H23N2O6P.